The Labute approximate surface area is 107 Å². The number of nitrogens with two attached hydrogens (primary N) is 1. The smallest absolute Gasteiger partial charge is 0.215 e. The van der Waals surface area contributed by atoms with Crippen LogP contribution in [-0.2, 0) is 0 Å². The SMILES string of the molecule is COc1ccc(N)c(NC(C)c2ccccc2)n1. The number of hydrogen-bond donors (Lipinski definition) is 2. The summed E-state index contributed by atoms with van der Waals surface area (Å²) in [5.74, 6) is 1.19. The topological polar surface area (TPSA) is 60.2 Å². The molecule has 0 radical (unpaired) electrons. The number of nitrogen functional groups attached to an aromatic ring is 1. The lowest BCUT2D eigenvalue weighted by atomic mass is 10.1. The maximum absolute atomic E-state index is 5.89. The molecule has 0 saturated carbocycles. The molecule has 94 valence electrons. The Morgan fingerprint density at radius 2 is 1.89 bits per heavy atom. The third-order valence-electron chi connectivity index (χ3n) is 2.76. The predicted octanol–water partition coefficient (Wildman–Crippen LogP) is 2.85. The Kier molecular flexibility index (Phi) is 3.67. The summed E-state index contributed by atoms with van der Waals surface area (Å²) in [7, 11) is 1.59. The molecule has 3 N–H and O–H groups in total. The summed E-state index contributed by atoms with van der Waals surface area (Å²) >= 11 is 0. The van der Waals surface area contributed by atoms with Crippen molar-refractivity contribution >= 4 is 11.5 Å². The molecule has 1 atom stereocenters. The number of rotatable bonds is 4. The highest BCUT2D eigenvalue weighted by Gasteiger charge is 2.08. The van der Waals surface area contributed by atoms with Gasteiger partial charge in [0, 0.05) is 6.07 Å². The van der Waals surface area contributed by atoms with Crippen molar-refractivity contribution < 1.29 is 4.74 Å². The second-order valence-electron chi connectivity index (χ2n) is 4.07. The minimum atomic E-state index is 0.133. The van der Waals surface area contributed by atoms with Crippen LogP contribution < -0.4 is 15.8 Å². The molecule has 2 aromatic rings. The van der Waals surface area contributed by atoms with E-state index in [2.05, 4.69) is 29.4 Å². The highest BCUT2D eigenvalue weighted by Crippen LogP contribution is 2.24. The highest BCUT2D eigenvalue weighted by atomic mass is 16.5. The van der Waals surface area contributed by atoms with Crippen molar-refractivity contribution in [1.29, 1.82) is 0 Å². The molecule has 18 heavy (non-hydrogen) atoms. The summed E-state index contributed by atoms with van der Waals surface area (Å²) in [5.41, 5.74) is 7.68. The van der Waals surface area contributed by atoms with Gasteiger partial charge in [-0.2, -0.15) is 4.98 Å². The Morgan fingerprint density at radius 1 is 1.17 bits per heavy atom. The molecule has 0 aliphatic carbocycles. The van der Waals surface area contributed by atoms with E-state index in [1.165, 1.54) is 5.56 Å². The van der Waals surface area contributed by atoms with Crippen LogP contribution in [0.15, 0.2) is 42.5 Å². The Hall–Kier alpha value is -2.23. The summed E-state index contributed by atoms with van der Waals surface area (Å²) in [4.78, 5) is 4.30. The van der Waals surface area contributed by atoms with Crippen molar-refractivity contribution in [3.05, 3.63) is 48.0 Å². The molecule has 0 fully saturated rings. The summed E-state index contributed by atoms with van der Waals surface area (Å²) < 4.78 is 5.09. The van der Waals surface area contributed by atoms with Crippen LogP contribution in [0.25, 0.3) is 0 Å². The third kappa shape index (κ3) is 2.71. The average molecular weight is 243 g/mol. The minimum Gasteiger partial charge on any atom is -0.481 e. The van der Waals surface area contributed by atoms with E-state index < -0.39 is 0 Å². The van der Waals surface area contributed by atoms with Gasteiger partial charge in [0.05, 0.1) is 18.8 Å². The fourth-order valence-corrected chi connectivity index (χ4v) is 1.71. The zero-order valence-corrected chi connectivity index (χ0v) is 10.6. The average Bonchev–Trinajstić information content (AvgIpc) is 2.42. The maximum Gasteiger partial charge on any atom is 0.215 e. The normalized spacial score (nSPS) is 11.9. The van der Waals surface area contributed by atoms with Crippen LogP contribution in [0.5, 0.6) is 5.88 Å². The number of ether oxygens (including phenoxy) is 1. The molecular weight excluding hydrogens is 226 g/mol. The number of pyridine rings is 1. The standard InChI is InChI=1S/C14H17N3O/c1-10(11-6-4-3-5-7-11)16-14-12(15)8-9-13(17-14)18-2/h3-10H,15H2,1-2H3,(H,16,17). The molecule has 1 aromatic carbocycles. The molecule has 0 bridgehead atoms. The van der Waals surface area contributed by atoms with Crippen molar-refractivity contribution in [2.24, 2.45) is 0 Å². The summed E-state index contributed by atoms with van der Waals surface area (Å²) in [6, 6.07) is 13.8. The second kappa shape index (κ2) is 5.40. The first-order valence-corrected chi connectivity index (χ1v) is 5.82. The lowest BCUT2D eigenvalue weighted by molar-refractivity contribution is 0.398. The fraction of sp³-hybridized carbons (Fsp3) is 0.214. The third-order valence-corrected chi connectivity index (χ3v) is 2.76. The van der Waals surface area contributed by atoms with Crippen LogP contribution in [-0.4, -0.2) is 12.1 Å². The number of nitrogens with one attached hydrogen (secondary N) is 1. The number of methoxy groups -OCH3 is 1. The summed E-state index contributed by atoms with van der Waals surface area (Å²) in [6.07, 6.45) is 0. The van der Waals surface area contributed by atoms with Crippen LogP contribution in [0.3, 0.4) is 0 Å². The lowest BCUT2D eigenvalue weighted by Gasteiger charge is -2.16. The van der Waals surface area contributed by atoms with Crippen LogP contribution in [0.2, 0.25) is 0 Å². The van der Waals surface area contributed by atoms with E-state index >= 15 is 0 Å². The molecule has 4 nitrogen and oxygen atoms in total. The van der Waals surface area contributed by atoms with Crippen molar-refractivity contribution in [2.75, 3.05) is 18.2 Å². The van der Waals surface area contributed by atoms with Gasteiger partial charge < -0.3 is 15.8 Å². The molecule has 0 aliphatic heterocycles. The Balaban J connectivity index is 2.18. The van der Waals surface area contributed by atoms with E-state index in [1.54, 1.807) is 19.2 Å². The Morgan fingerprint density at radius 3 is 2.56 bits per heavy atom. The first-order valence-electron chi connectivity index (χ1n) is 5.82. The molecule has 2 rings (SSSR count). The maximum atomic E-state index is 5.89. The molecule has 0 saturated heterocycles. The highest BCUT2D eigenvalue weighted by molar-refractivity contribution is 5.62. The predicted molar refractivity (Wildman–Crippen MR) is 73.7 cm³/mol. The molecule has 0 amide bonds. The number of hydrogen-bond acceptors (Lipinski definition) is 4. The number of benzene rings is 1. The van der Waals surface area contributed by atoms with Gasteiger partial charge in [-0.25, -0.2) is 0 Å². The van der Waals surface area contributed by atoms with Crippen molar-refractivity contribution in [3.63, 3.8) is 0 Å². The van der Waals surface area contributed by atoms with Gasteiger partial charge in [0.25, 0.3) is 0 Å². The molecule has 1 unspecified atom stereocenters. The molecule has 0 spiro atoms. The molecule has 1 heterocycles. The van der Waals surface area contributed by atoms with Crippen molar-refractivity contribution in [2.45, 2.75) is 13.0 Å². The van der Waals surface area contributed by atoms with Gasteiger partial charge >= 0.3 is 0 Å². The van der Waals surface area contributed by atoms with Gasteiger partial charge in [0.1, 0.15) is 0 Å². The van der Waals surface area contributed by atoms with Crippen LogP contribution >= 0.6 is 0 Å². The van der Waals surface area contributed by atoms with Crippen molar-refractivity contribution in [3.8, 4) is 5.88 Å². The van der Waals surface area contributed by atoms with Gasteiger partial charge in [-0.15, -0.1) is 0 Å². The van der Waals surface area contributed by atoms with Crippen molar-refractivity contribution in [1.82, 2.24) is 4.98 Å². The van der Waals surface area contributed by atoms with E-state index in [9.17, 15) is 0 Å². The van der Waals surface area contributed by atoms with Gasteiger partial charge in [0.15, 0.2) is 5.82 Å². The fourth-order valence-electron chi connectivity index (χ4n) is 1.71. The quantitative estimate of drug-likeness (QED) is 0.866. The lowest BCUT2D eigenvalue weighted by Crippen LogP contribution is -2.10. The summed E-state index contributed by atoms with van der Waals surface area (Å²) in [5, 5.41) is 3.29. The molecular formula is C14H17N3O. The van der Waals surface area contributed by atoms with Crippen LogP contribution in [0, 0.1) is 0 Å². The van der Waals surface area contributed by atoms with E-state index in [0.717, 1.165) is 0 Å². The molecule has 0 aliphatic rings. The number of aromatic nitrogens is 1. The van der Waals surface area contributed by atoms with E-state index in [1.807, 2.05) is 18.2 Å². The number of anilines is 2. The van der Waals surface area contributed by atoms with Crippen LogP contribution in [0.1, 0.15) is 18.5 Å². The van der Waals surface area contributed by atoms with Gasteiger partial charge in [-0.1, -0.05) is 30.3 Å². The van der Waals surface area contributed by atoms with Gasteiger partial charge in [0.2, 0.25) is 5.88 Å². The van der Waals surface area contributed by atoms with Gasteiger partial charge in [-0.3, -0.25) is 0 Å². The molecule has 4 heteroatoms. The number of nitrogens with zero attached hydrogens (tertiary/aromatic N) is 1. The monoisotopic (exact) mass is 243 g/mol. The zero-order valence-electron chi connectivity index (χ0n) is 10.6. The van der Waals surface area contributed by atoms with E-state index in [-0.39, 0.29) is 6.04 Å². The minimum absolute atomic E-state index is 0.133. The summed E-state index contributed by atoms with van der Waals surface area (Å²) in [6.45, 7) is 2.07. The second-order valence-corrected chi connectivity index (χ2v) is 4.07. The Bertz CT molecular complexity index is 514. The largest absolute Gasteiger partial charge is 0.481 e. The molecule has 1 aromatic heterocycles. The first kappa shape index (κ1) is 12.2. The van der Waals surface area contributed by atoms with E-state index in [4.69, 9.17) is 10.5 Å². The van der Waals surface area contributed by atoms with Gasteiger partial charge in [-0.05, 0) is 18.6 Å². The first-order chi connectivity index (χ1) is 8.70. The zero-order chi connectivity index (χ0) is 13.0. The van der Waals surface area contributed by atoms with E-state index in [0.29, 0.717) is 17.4 Å². The van der Waals surface area contributed by atoms with Crippen LogP contribution in [0.4, 0.5) is 11.5 Å².